The van der Waals surface area contributed by atoms with E-state index in [-0.39, 0.29) is 18.3 Å². The molecule has 4 nitrogen and oxygen atoms in total. The molecule has 0 spiro atoms. The maximum Gasteiger partial charge on any atom is 0.307 e. The summed E-state index contributed by atoms with van der Waals surface area (Å²) in [4.78, 5) is 23.5. The van der Waals surface area contributed by atoms with E-state index in [9.17, 15) is 9.59 Å². The second kappa shape index (κ2) is 6.46. The number of hydrogen-bond donors (Lipinski definition) is 0. The lowest BCUT2D eigenvalue weighted by Gasteiger charge is -2.15. The fraction of sp³-hybridized carbons (Fsp3) is 0.778. The van der Waals surface area contributed by atoms with E-state index in [2.05, 4.69) is 4.74 Å². The van der Waals surface area contributed by atoms with Crippen molar-refractivity contribution >= 4 is 11.9 Å². The van der Waals surface area contributed by atoms with Gasteiger partial charge in [-0.05, 0) is 6.42 Å². The lowest BCUT2D eigenvalue weighted by molar-refractivity contribution is -0.141. The standard InChI is InChI=1S/C9H17NO3/c1-4-5-8(11)10(2)7-6-9(12)13-3/h4-7H2,1-3H3. The number of carbonyl (C=O) groups excluding carboxylic acids is 2. The maximum atomic E-state index is 11.2. The van der Waals surface area contributed by atoms with Gasteiger partial charge < -0.3 is 9.64 Å². The smallest absolute Gasteiger partial charge is 0.307 e. The molecular formula is C9H17NO3. The van der Waals surface area contributed by atoms with Crippen molar-refractivity contribution in [1.82, 2.24) is 4.90 Å². The summed E-state index contributed by atoms with van der Waals surface area (Å²) in [6, 6.07) is 0. The summed E-state index contributed by atoms with van der Waals surface area (Å²) in [5.74, 6) is -0.206. The van der Waals surface area contributed by atoms with Crippen LogP contribution in [0, 0.1) is 0 Å². The fourth-order valence-electron chi connectivity index (χ4n) is 0.890. The number of esters is 1. The predicted molar refractivity (Wildman–Crippen MR) is 49.2 cm³/mol. The number of amides is 1. The Hall–Kier alpha value is -1.06. The summed E-state index contributed by atoms with van der Waals surface area (Å²) in [6.45, 7) is 2.39. The minimum atomic E-state index is -0.281. The van der Waals surface area contributed by atoms with Gasteiger partial charge in [-0.2, -0.15) is 0 Å². The van der Waals surface area contributed by atoms with E-state index in [1.165, 1.54) is 7.11 Å². The summed E-state index contributed by atoms with van der Waals surface area (Å²) in [7, 11) is 3.04. The average molecular weight is 187 g/mol. The molecule has 0 aliphatic carbocycles. The molecule has 0 aliphatic rings. The van der Waals surface area contributed by atoms with Gasteiger partial charge in [0.25, 0.3) is 0 Å². The highest BCUT2D eigenvalue weighted by atomic mass is 16.5. The second-order valence-corrected chi connectivity index (χ2v) is 2.89. The van der Waals surface area contributed by atoms with Crippen LogP contribution in [-0.4, -0.2) is 37.5 Å². The topological polar surface area (TPSA) is 46.6 Å². The van der Waals surface area contributed by atoms with E-state index in [1.807, 2.05) is 6.92 Å². The van der Waals surface area contributed by atoms with E-state index in [4.69, 9.17) is 0 Å². The molecule has 76 valence electrons. The van der Waals surface area contributed by atoms with Gasteiger partial charge in [0.05, 0.1) is 13.5 Å². The number of rotatable bonds is 5. The molecule has 0 fully saturated rings. The van der Waals surface area contributed by atoms with Gasteiger partial charge in [0.15, 0.2) is 0 Å². The number of methoxy groups -OCH3 is 1. The summed E-state index contributed by atoms with van der Waals surface area (Å²) in [6.07, 6.45) is 1.64. The van der Waals surface area contributed by atoms with Crippen molar-refractivity contribution in [2.45, 2.75) is 26.2 Å². The largest absolute Gasteiger partial charge is 0.469 e. The van der Waals surface area contributed by atoms with Crippen LogP contribution in [0.3, 0.4) is 0 Å². The van der Waals surface area contributed by atoms with Gasteiger partial charge in [-0.25, -0.2) is 0 Å². The van der Waals surface area contributed by atoms with Crippen LogP contribution in [0.1, 0.15) is 26.2 Å². The van der Waals surface area contributed by atoms with Crippen molar-refractivity contribution in [3.8, 4) is 0 Å². The summed E-state index contributed by atoms with van der Waals surface area (Å²) in [5.41, 5.74) is 0. The quantitative estimate of drug-likeness (QED) is 0.598. The van der Waals surface area contributed by atoms with Gasteiger partial charge in [0, 0.05) is 20.0 Å². The van der Waals surface area contributed by atoms with E-state index in [1.54, 1.807) is 11.9 Å². The van der Waals surface area contributed by atoms with Crippen molar-refractivity contribution in [3.63, 3.8) is 0 Å². The minimum Gasteiger partial charge on any atom is -0.469 e. The Morgan fingerprint density at radius 3 is 2.38 bits per heavy atom. The van der Waals surface area contributed by atoms with Gasteiger partial charge in [0.1, 0.15) is 0 Å². The first-order chi connectivity index (χ1) is 6.11. The molecule has 0 radical (unpaired) electrons. The fourth-order valence-corrected chi connectivity index (χ4v) is 0.890. The van der Waals surface area contributed by atoms with Gasteiger partial charge in [-0.3, -0.25) is 9.59 Å². The van der Waals surface area contributed by atoms with E-state index >= 15 is 0 Å². The van der Waals surface area contributed by atoms with Crippen LogP contribution in [0.25, 0.3) is 0 Å². The molecule has 0 aromatic rings. The SMILES string of the molecule is CCCC(=O)N(C)CCC(=O)OC. The van der Waals surface area contributed by atoms with Gasteiger partial charge in [-0.15, -0.1) is 0 Å². The highest BCUT2D eigenvalue weighted by Crippen LogP contribution is 1.96. The molecule has 0 aliphatic heterocycles. The molecule has 0 aromatic carbocycles. The zero-order valence-electron chi connectivity index (χ0n) is 8.50. The monoisotopic (exact) mass is 187 g/mol. The predicted octanol–water partition coefficient (Wildman–Crippen LogP) is 0.808. The average Bonchev–Trinajstić information content (AvgIpc) is 2.13. The van der Waals surface area contributed by atoms with Gasteiger partial charge in [0.2, 0.25) is 5.91 Å². The highest BCUT2D eigenvalue weighted by Gasteiger charge is 2.09. The molecule has 0 bridgehead atoms. The van der Waals surface area contributed by atoms with E-state index in [0.29, 0.717) is 13.0 Å². The number of nitrogens with zero attached hydrogens (tertiary/aromatic N) is 1. The Balaban J connectivity index is 3.67. The van der Waals surface area contributed by atoms with Crippen LogP contribution < -0.4 is 0 Å². The third-order valence-electron chi connectivity index (χ3n) is 1.77. The molecule has 0 heterocycles. The molecule has 0 saturated carbocycles. The van der Waals surface area contributed by atoms with Crippen molar-refractivity contribution in [2.24, 2.45) is 0 Å². The first-order valence-corrected chi connectivity index (χ1v) is 4.42. The molecule has 0 rings (SSSR count). The molecule has 0 atom stereocenters. The number of ether oxygens (including phenoxy) is 1. The summed E-state index contributed by atoms with van der Waals surface area (Å²) >= 11 is 0. The van der Waals surface area contributed by atoms with Crippen LogP contribution in [0.5, 0.6) is 0 Å². The molecule has 0 N–H and O–H groups in total. The lowest BCUT2D eigenvalue weighted by Crippen LogP contribution is -2.28. The molecular weight excluding hydrogens is 170 g/mol. The molecule has 13 heavy (non-hydrogen) atoms. The first kappa shape index (κ1) is 11.9. The zero-order valence-corrected chi connectivity index (χ0v) is 8.50. The van der Waals surface area contributed by atoms with E-state index < -0.39 is 0 Å². The van der Waals surface area contributed by atoms with Crippen LogP contribution >= 0.6 is 0 Å². The Morgan fingerprint density at radius 1 is 1.31 bits per heavy atom. The minimum absolute atomic E-state index is 0.0754. The molecule has 0 saturated heterocycles. The summed E-state index contributed by atoms with van der Waals surface area (Å²) < 4.78 is 4.46. The van der Waals surface area contributed by atoms with Crippen molar-refractivity contribution in [3.05, 3.63) is 0 Å². The lowest BCUT2D eigenvalue weighted by atomic mass is 10.3. The van der Waals surface area contributed by atoms with Crippen molar-refractivity contribution < 1.29 is 14.3 Å². The molecule has 0 unspecified atom stereocenters. The van der Waals surface area contributed by atoms with Crippen molar-refractivity contribution in [1.29, 1.82) is 0 Å². The number of hydrogen-bond acceptors (Lipinski definition) is 3. The third kappa shape index (κ3) is 5.22. The Morgan fingerprint density at radius 2 is 1.92 bits per heavy atom. The molecule has 0 aromatic heterocycles. The molecule has 4 heteroatoms. The zero-order chi connectivity index (χ0) is 10.3. The molecule has 1 amide bonds. The maximum absolute atomic E-state index is 11.2. The first-order valence-electron chi connectivity index (χ1n) is 4.42. The van der Waals surface area contributed by atoms with Gasteiger partial charge in [-0.1, -0.05) is 6.92 Å². The third-order valence-corrected chi connectivity index (χ3v) is 1.77. The normalized spacial score (nSPS) is 9.46. The van der Waals surface area contributed by atoms with Crippen LogP contribution in [-0.2, 0) is 14.3 Å². The Kier molecular flexibility index (Phi) is 5.93. The van der Waals surface area contributed by atoms with Crippen LogP contribution in [0.15, 0.2) is 0 Å². The second-order valence-electron chi connectivity index (χ2n) is 2.89. The van der Waals surface area contributed by atoms with E-state index in [0.717, 1.165) is 6.42 Å². The van der Waals surface area contributed by atoms with Gasteiger partial charge >= 0.3 is 5.97 Å². The number of carbonyl (C=O) groups is 2. The highest BCUT2D eigenvalue weighted by molar-refractivity contribution is 5.76. The summed E-state index contributed by atoms with van der Waals surface area (Å²) in [5, 5.41) is 0. The Labute approximate surface area is 78.9 Å². The van der Waals surface area contributed by atoms with Crippen LogP contribution in [0.2, 0.25) is 0 Å². The van der Waals surface area contributed by atoms with Crippen LogP contribution in [0.4, 0.5) is 0 Å². The van der Waals surface area contributed by atoms with Crippen molar-refractivity contribution in [2.75, 3.05) is 20.7 Å². The Bertz CT molecular complexity index is 180.